The summed E-state index contributed by atoms with van der Waals surface area (Å²) in [6, 6.07) is 9.82. The molecule has 1 amide bonds. The Morgan fingerprint density at radius 3 is 2.62 bits per heavy atom. The predicted molar refractivity (Wildman–Crippen MR) is 90.0 cm³/mol. The number of non-ortho nitro benzene ring substituents is 1. The van der Waals surface area contributed by atoms with Gasteiger partial charge in [0.25, 0.3) is 5.69 Å². The van der Waals surface area contributed by atoms with Crippen LogP contribution in [0.2, 0.25) is 0 Å². The third-order valence-electron chi connectivity index (χ3n) is 2.94. The fraction of sp³-hybridized carbons (Fsp3) is 0.188. The maximum absolute atomic E-state index is 13.2. The first-order chi connectivity index (χ1) is 11.5. The SMILES string of the molecule is CCOc1cc(F)ccc1NC(=O)CSc1ccc([N+](=O)[O-])cc1. The molecule has 0 aliphatic rings. The first-order valence-electron chi connectivity index (χ1n) is 7.09. The number of amides is 1. The van der Waals surface area contributed by atoms with Crippen molar-refractivity contribution in [1.29, 1.82) is 0 Å². The lowest BCUT2D eigenvalue weighted by Crippen LogP contribution is -2.15. The van der Waals surface area contributed by atoms with Gasteiger partial charge >= 0.3 is 0 Å². The molecule has 2 aromatic rings. The average Bonchev–Trinajstić information content (AvgIpc) is 2.56. The van der Waals surface area contributed by atoms with Crippen molar-refractivity contribution in [2.75, 3.05) is 17.7 Å². The van der Waals surface area contributed by atoms with Crippen molar-refractivity contribution >= 4 is 29.0 Å². The minimum absolute atomic E-state index is 0.00327. The van der Waals surface area contributed by atoms with Crippen LogP contribution in [0.4, 0.5) is 15.8 Å². The van der Waals surface area contributed by atoms with E-state index in [1.165, 1.54) is 42.1 Å². The zero-order valence-corrected chi connectivity index (χ0v) is 13.6. The Hall–Kier alpha value is -2.61. The molecule has 0 radical (unpaired) electrons. The number of thioether (sulfide) groups is 1. The van der Waals surface area contributed by atoms with Gasteiger partial charge in [-0.1, -0.05) is 0 Å². The zero-order chi connectivity index (χ0) is 17.5. The second-order valence-electron chi connectivity index (χ2n) is 4.66. The van der Waals surface area contributed by atoms with Crippen molar-refractivity contribution in [2.45, 2.75) is 11.8 Å². The van der Waals surface area contributed by atoms with Crippen LogP contribution < -0.4 is 10.1 Å². The molecule has 0 saturated carbocycles. The van der Waals surface area contributed by atoms with Crippen LogP contribution in [0.1, 0.15) is 6.92 Å². The lowest BCUT2D eigenvalue weighted by atomic mass is 10.3. The highest BCUT2D eigenvalue weighted by molar-refractivity contribution is 8.00. The van der Waals surface area contributed by atoms with Crippen molar-refractivity contribution in [3.05, 3.63) is 58.4 Å². The standard InChI is InChI=1S/C16H15FN2O4S/c1-2-23-15-9-11(17)3-8-14(15)18-16(20)10-24-13-6-4-12(5-7-13)19(21)22/h3-9H,2,10H2,1H3,(H,18,20). The number of rotatable bonds is 7. The molecule has 0 heterocycles. The minimum Gasteiger partial charge on any atom is -0.492 e. The second-order valence-corrected chi connectivity index (χ2v) is 5.71. The number of nitrogens with zero attached hydrogens (tertiary/aromatic N) is 1. The molecule has 0 aromatic heterocycles. The first-order valence-corrected chi connectivity index (χ1v) is 8.07. The maximum atomic E-state index is 13.2. The number of benzene rings is 2. The summed E-state index contributed by atoms with van der Waals surface area (Å²) in [6.07, 6.45) is 0. The number of hydrogen-bond acceptors (Lipinski definition) is 5. The fourth-order valence-electron chi connectivity index (χ4n) is 1.87. The van der Waals surface area contributed by atoms with Crippen LogP contribution in [0.15, 0.2) is 47.4 Å². The smallest absolute Gasteiger partial charge is 0.269 e. The molecule has 0 aliphatic heterocycles. The number of anilines is 1. The maximum Gasteiger partial charge on any atom is 0.269 e. The summed E-state index contributed by atoms with van der Waals surface area (Å²) in [7, 11) is 0. The van der Waals surface area contributed by atoms with E-state index in [1.807, 2.05) is 0 Å². The molecule has 0 spiro atoms. The Kier molecular flexibility index (Phi) is 6.14. The van der Waals surface area contributed by atoms with Crippen molar-refractivity contribution in [3.63, 3.8) is 0 Å². The van der Waals surface area contributed by atoms with Crippen molar-refractivity contribution in [2.24, 2.45) is 0 Å². The first kappa shape index (κ1) is 17.7. The molecule has 0 aliphatic carbocycles. The van der Waals surface area contributed by atoms with E-state index >= 15 is 0 Å². The Balaban J connectivity index is 1.95. The van der Waals surface area contributed by atoms with Gasteiger partial charge in [0.2, 0.25) is 5.91 Å². The van der Waals surface area contributed by atoms with Crippen molar-refractivity contribution < 1.29 is 18.8 Å². The fourth-order valence-corrected chi connectivity index (χ4v) is 2.57. The van der Waals surface area contributed by atoms with E-state index in [9.17, 15) is 19.3 Å². The topological polar surface area (TPSA) is 81.5 Å². The van der Waals surface area contributed by atoms with Crippen molar-refractivity contribution in [3.8, 4) is 5.75 Å². The van der Waals surface area contributed by atoms with Gasteiger partial charge in [0.15, 0.2) is 0 Å². The van der Waals surface area contributed by atoms with Gasteiger partial charge in [0.05, 0.1) is 23.0 Å². The third kappa shape index (κ3) is 4.95. The molecule has 2 rings (SSSR count). The molecule has 0 unspecified atom stereocenters. The van der Waals surface area contributed by atoms with Gasteiger partial charge < -0.3 is 10.1 Å². The van der Waals surface area contributed by atoms with Crippen molar-refractivity contribution in [1.82, 2.24) is 0 Å². The van der Waals surface area contributed by atoms with Gasteiger partial charge in [-0.15, -0.1) is 11.8 Å². The number of nitro groups is 1. The highest BCUT2D eigenvalue weighted by Gasteiger charge is 2.10. The average molecular weight is 350 g/mol. The highest BCUT2D eigenvalue weighted by atomic mass is 32.2. The molecular formula is C16H15FN2O4S. The summed E-state index contributed by atoms with van der Waals surface area (Å²) < 4.78 is 18.5. The summed E-state index contributed by atoms with van der Waals surface area (Å²) in [4.78, 5) is 22.9. The number of nitrogens with one attached hydrogen (secondary N) is 1. The molecule has 1 N–H and O–H groups in total. The Labute approximate surface area is 142 Å². The number of halogens is 1. The Morgan fingerprint density at radius 2 is 2.00 bits per heavy atom. The molecule has 0 fully saturated rings. The van der Waals surface area contributed by atoms with Gasteiger partial charge in [-0.05, 0) is 31.2 Å². The summed E-state index contributed by atoms with van der Waals surface area (Å²) >= 11 is 1.24. The number of ether oxygens (including phenoxy) is 1. The van der Waals surface area contributed by atoms with Crippen LogP contribution >= 0.6 is 11.8 Å². The van der Waals surface area contributed by atoms with Crippen LogP contribution in [0, 0.1) is 15.9 Å². The van der Waals surface area contributed by atoms with E-state index < -0.39 is 10.7 Å². The van der Waals surface area contributed by atoms with Crippen LogP contribution in [-0.4, -0.2) is 23.2 Å². The second kappa shape index (κ2) is 8.30. The van der Waals surface area contributed by atoms with Crippen LogP contribution in [0.3, 0.4) is 0 Å². The number of carbonyl (C=O) groups is 1. The summed E-state index contributed by atoms with van der Waals surface area (Å²) in [5.41, 5.74) is 0.393. The summed E-state index contributed by atoms with van der Waals surface area (Å²) in [6.45, 7) is 2.12. The summed E-state index contributed by atoms with van der Waals surface area (Å²) in [5, 5.41) is 13.2. The van der Waals surface area contributed by atoms with E-state index in [2.05, 4.69) is 5.32 Å². The lowest BCUT2D eigenvalue weighted by Gasteiger charge is -2.11. The largest absolute Gasteiger partial charge is 0.492 e. The molecule has 126 valence electrons. The normalized spacial score (nSPS) is 10.2. The monoisotopic (exact) mass is 350 g/mol. The molecule has 0 bridgehead atoms. The lowest BCUT2D eigenvalue weighted by molar-refractivity contribution is -0.384. The van der Waals surface area contributed by atoms with Crippen LogP contribution in [0.5, 0.6) is 5.75 Å². The van der Waals surface area contributed by atoms with Crippen LogP contribution in [-0.2, 0) is 4.79 Å². The zero-order valence-electron chi connectivity index (χ0n) is 12.8. The van der Waals surface area contributed by atoms with Crippen LogP contribution in [0.25, 0.3) is 0 Å². The van der Waals surface area contributed by atoms with Gasteiger partial charge in [0, 0.05) is 23.1 Å². The Morgan fingerprint density at radius 1 is 1.29 bits per heavy atom. The molecular weight excluding hydrogens is 335 g/mol. The molecule has 0 saturated heterocycles. The van der Waals surface area contributed by atoms with Gasteiger partial charge in [0.1, 0.15) is 11.6 Å². The number of carbonyl (C=O) groups excluding carboxylic acids is 1. The van der Waals surface area contributed by atoms with Gasteiger partial charge in [-0.3, -0.25) is 14.9 Å². The third-order valence-corrected chi connectivity index (χ3v) is 3.95. The van der Waals surface area contributed by atoms with E-state index in [-0.39, 0.29) is 23.1 Å². The van der Waals surface area contributed by atoms with E-state index in [0.29, 0.717) is 12.3 Å². The molecule has 6 nitrogen and oxygen atoms in total. The quantitative estimate of drug-likeness (QED) is 0.466. The summed E-state index contributed by atoms with van der Waals surface area (Å²) in [5.74, 6) is -0.352. The number of hydrogen-bond donors (Lipinski definition) is 1. The Bertz CT molecular complexity index is 737. The molecule has 0 atom stereocenters. The van der Waals surface area contributed by atoms with E-state index in [1.54, 1.807) is 19.1 Å². The van der Waals surface area contributed by atoms with Gasteiger partial charge in [-0.25, -0.2) is 4.39 Å². The van der Waals surface area contributed by atoms with Gasteiger partial charge in [-0.2, -0.15) is 0 Å². The predicted octanol–water partition coefficient (Wildman–Crippen LogP) is 3.86. The number of nitro benzene ring substituents is 1. The highest BCUT2D eigenvalue weighted by Crippen LogP contribution is 2.26. The van der Waals surface area contributed by atoms with E-state index in [4.69, 9.17) is 4.74 Å². The molecule has 24 heavy (non-hydrogen) atoms. The van der Waals surface area contributed by atoms with E-state index in [0.717, 1.165) is 4.90 Å². The molecule has 8 heteroatoms. The minimum atomic E-state index is -0.481. The molecule has 2 aromatic carbocycles.